The summed E-state index contributed by atoms with van der Waals surface area (Å²) in [5.41, 5.74) is -3.89. The highest BCUT2D eigenvalue weighted by Gasteiger charge is 2.48. The SMILES string of the molecule is O=C(CN1C(=O)[C@@H]2CCCC[C@H]2C1=O)Nc1cc(C(F)(F)F)cc(C(F)(F)F)c1. The first kappa shape index (κ1) is 21.1. The van der Waals surface area contributed by atoms with Crippen LogP contribution in [0.3, 0.4) is 0 Å². The molecule has 2 aliphatic rings. The zero-order valence-corrected chi connectivity index (χ0v) is 14.9. The largest absolute Gasteiger partial charge is 0.416 e. The van der Waals surface area contributed by atoms with E-state index in [0.29, 0.717) is 25.0 Å². The van der Waals surface area contributed by atoms with Crippen LogP contribution in [-0.4, -0.2) is 29.2 Å². The molecule has 158 valence electrons. The van der Waals surface area contributed by atoms with Crippen LogP contribution in [0.15, 0.2) is 18.2 Å². The number of nitrogens with zero attached hydrogens (tertiary/aromatic N) is 1. The van der Waals surface area contributed by atoms with E-state index in [1.165, 1.54) is 0 Å². The van der Waals surface area contributed by atoms with Crippen LogP contribution in [0.2, 0.25) is 0 Å². The zero-order chi connectivity index (χ0) is 21.6. The van der Waals surface area contributed by atoms with Gasteiger partial charge in [0.15, 0.2) is 0 Å². The molecule has 1 aliphatic heterocycles. The second-order valence-corrected chi connectivity index (χ2v) is 7.10. The minimum Gasteiger partial charge on any atom is -0.325 e. The fourth-order valence-corrected chi connectivity index (χ4v) is 3.76. The Morgan fingerprint density at radius 2 is 1.34 bits per heavy atom. The monoisotopic (exact) mass is 422 g/mol. The summed E-state index contributed by atoms with van der Waals surface area (Å²) >= 11 is 0. The number of alkyl halides is 6. The lowest BCUT2D eigenvalue weighted by Crippen LogP contribution is -2.38. The van der Waals surface area contributed by atoms with Crippen molar-refractivity contribution in [2.75, 3.05) is 11.9 Å². The topological polar surface area (TPSA) is 66.5 Å². The summed E-state index contributed by atoms with van der Waals surface area (Å²) in [6.07, 6.45) is -7.56. The van der Waals surface area contributed by atoms with E-state index in [1.54, 1.807) is 0 Å². The predicted octanol–water partition coefficient (Wildman–Crippen LogP) is 3.84. The van der Waals surface area contributed by atoms with Gasteiger partial charge in [0.25, 0.3) is 0 Å². The first-order valence-corrected chi connectivity index (χ1v) is 8.82. The third-order valence-electron chi connectivity index (χ3n) is 5.11. The number of hydrogen-bond acceptors (Lipinski definition) is 3. The van der Waals surface area contributed by atoms with E-state index in [4.69, 9.17) is 0 Å². The molecule has 0 radical (unpaired) electrons. The molecule has 3 amide bonds. The molecule has 29 heavy (non-hydrogen) atoms. The van der Waals surface area contributed by atoms with Gasteiger partial charge < -0.3 is 5.32 Å². The Hall–Kier alpha value is -2.59. The third kappa shape index (κ3) is 4.38. The number of carbonyl (C=O) groups is 3. The van der Waals surface area contributed by atoms with Crippen LogP contribution in [0, 0.1) is 11.8 Å². The number of likely N-dealkylation sites (tertiary alicyclic amines) is 1. The Kier molecular flexibility index (Phi) is 5.35. The van der Waals surface area contributed by atoms with Crippen molar-refractivity contribution in [2.24, 2.45) is 11.8 Å². The van der Waals surface area contributed by atoms with Crippen LogP contribution >= 0.6 is 0 Å². The lowest BCUT2D eigenvalue weighted by Gasteiger charge is -2.19. The average molecular weight is 422 g/mol. The van der Waals surface area contributed by atoms with Gasteiger partial charge in [0.05, 0.1) is 23.0 Å². The van der Waals surface area contributed by atoms with Crippen molar-refractivity contribution in [1.29, 1.82) is 0 Å². The molecular formula is C18H16F6N2O3. The Morgan fingerprint density at radius 1 is 0.897 bits per heavy atom. The number of rotatable bonds is 3. The molecule has 0 unspecified atom stereocenters. The van der Waals surface area contributed by atoms with Crippen molar-refractivity contribution < 1.29 is 40.7 Å². The van der Waals surface area contributed by atoms with Crippen LogP contribution in [0.4, 0.5) is 32.0 Å². The zero-order valence-electron chi connectivity index (χ0n) is 14.9. The quantitative estimate of drug-likeness (QED) is 0.595. The van der Waals surface area contributed by atoms with Crippen LogP contribution in [0.5, 0.6) is 0 Å². The second kappa shape index (κ2) is 7.34. The van der Waals surface area contributed by atoms with E-state index >= 15 is 0 Å². The Labute approximate surface area is 161 Å². The minimum atomic E-state index is -5.06. The number of hydrogen-bond donors (Lipinski definition) is 1. The molecule has 1 N–H and O–H groups in total. The molecule has 1 aromatic carbocycles. The second-order valence-electron chi connectivity index (χ2n) is 7.10. The molecule has 2 fully saturated rings. The Morgan fingerprint density at radius 3 is 1.76 bits per heavy atom. The predicted molar refractivity (Wildman–Crippen MR) is 87.2 cm³/mol. The normalized spacial score (nSPS) is 22.6. The molecule has 5 nitrogen and oxygen atoms in total. The molecule has 0 spiro atoms. The number of imide groups is 1. The first-order chi connectivity index (χ1) is 13.4. The van der Waals surface area contributed by atoms with Crippen molar-refractivity contribution in [3.05, 3.63) is 29.3 Å². The van der Waals surface area contributed by atoms with Crippen LogP contribution < -0.4 is 5.32 Å². The maximum absolute atomic E-state index is 12.9. The summed E-state index contributed by atoms with van der Waals surface area (Å²) in [5, 5.41) is 1.93. The molecule has 1 heterocycles. The number of amides is 3. The molecular weight excluding hydrogens is 406 g/mol. The number of nitrogens with one attached hydrogen (secondary N) is 1. The number of halogens is 6. The number of fused-ring (bicyclic) bond motifs is 1. The molecule has 11 heteroatoms. The van der Waals surface area contributed by atoms with Crippen LogP contribution in [-0.2, 0) is 26.7 Å². The highest BCUT2D eigenvalue weighted by molar-refractivity contribution is 6.08. The van der Waals surface area contributed by atoms with Gasteiger partial charge in [-0.1, -0.05) is 12.8 Å². The molecule has 2 atom stereocenters. The fourth-order valence-electron chi connectivity index (χ4n) is 3.76. The molecule has 1 saturated carbocycles. The van der Waals surface area contributed by atoms with E-state index < -0.39 is 65.3 Å². The summed E-state index contributed by atoms with van der Waals surface area (Å²) in [5.74, 6) is -3.16. The third-order valence-corrected chi connectivity index (χ3v) is 5.11. The summed E-state index contributed by atoms with van der Waals surface area (Å²) in [6, 6.07) is 0.662. The molecule has 0 aromatic heterocycles. The van der Waals surface area contributed by atoms with Crippen molar-refractivity contribution >= 4 is 23.4 Å². The highest BCUT2D eigenvalue weighted by Crippen LogP contribution is 2.39. The van der Waals surface area contributed by atoms with Gasteiger partial charge in [-0.2, -0.15) is 26.3 Å². The van der Waals surface area contributed by atoms with Gasteiger partial charge in [0.2, 0.25) is 17.7 Å². The molecule has 1 aromatic rings. The standard InChI is InChI=1S/C18H16F6N2O3/c19-17(20,21)9-5-10(18(22,23)24)7-11(6-9)25-14(27)8-26-15(28)12-3-1-2-4-13(12)16(26)29/h5-7,12-13H,1-4,8H2,(H,25,27)/t12-,13-/m1/s1. The number of benzene rings is 1. The van der Waals surface area contributed by atoms with E-state index in [-0.39, 0.29) is 6.07 Å². The first-order valence-electron chi connectivity index (χ1n) is 8.82. The van der Waals surface area contributed by atoms with E-state index in [0.717, 1.165) is 17.7 Å². The summed E-state index contributed by atoms with van der Waals surface area (Å²) in [4.78, 5) is 37.6. The summed E-state index contributed by atoms with van der Waals surface area (Å²) < 4.78 is 77.4. The molecule has 1 aliphatic carbocycles. The van der Waals surface area contributed by atoms with Crippen molar-refractivity contribution in [1.82, 2.24) is 4.90 Å². The number of carbonyl (C=O) groups excluding carboxylic acids is 3. The fraction of sp³-hybridized carbons (Fsp3) is 0.500. The average Bonchev–Trinajstić information content (AvgIpc) is 2.85. The van der Waals surface area contributed by atoms with Gasteiger partial charge in [-0.3, -0.25) is 19.3 Å². The van der Waals surface area contributed by atoms with Gasteiger partial charge in [0, 0.05) is 5.69 Å². The Balaban J connectivity index is 1.78. The van der Waals surface area contributed by atoms with E-state index in [1.807, 2.05) is 5.32 Å². The Bertz CT molecular complexity index is 793. The maximum Gasteiger partial charge on any atom is 0.416 e. The smallest absolute Gasteiger partial charge is 0.325 e. The van der Waals surface area contributed by atoms with Crippen molar-refractivity contribution in [3.63, 3.8) is 0 Å². The lowest BCUT2D eigenvalue weighted by atomic mass is 9.81. The van der Waals surface area contributed by atoms with E-state index in [2.05, 4.69) is 0 Å². The van der Waals surface area contributed by atoms with Gasteiger partial charge in [0.1, 0.15) is 6.54 Å². The molecule has 1 saturated heterocycles. The lowest BCUT2D eigenvalue weighted by molar-refractivity contribution is -0.143. The molecule has 0 bridgehead atoms. The minimum absolute atomic E-state index is 0.0616. The van der Waals surface area contributed by atoms with Gasteiger partial charge >= 0.3 is 12.4 Å². The highest BCUT2D eigenvalue weighted by atomic mass is 19.4. The van der Waals surface area contributed by atoms with Crippen LogP contribution in [0.1, 0.15) is 36.8 Å². The molecule has 3 rings (SSSR count). The summed E-state index contributed by atoms with van der Waals surface area (Å²) in [7, 11) is 0. The maximum atomic E-state index is 12.9. The van der Waals surface area contributed by atoms with E-state index in [9.17, 15) is 40.7 Å². The van der Waals surface area contributed by atoms with Crippen molar-refractivity contribution in [2.45, 2.75) is 38.0 Å². The van der Waals surface area contributed by atoms with Crippen LogP contribution in [0.25, 0.3) is 0 Å². The van der Waals surface area contributed by atoms with Gasteiger partial charge in [-0.15, -0.1) is 0 Å². The van der Waals surface area contributed by atoms with Gasteiger partial charge in [-0.25, -0.2) is 0 Å². The van der Waals surface area contributed by atoms with Crippen molar-refractivity contribution in [3.8, 4) is 0 Å². The summed E-state index contributed by atoms with van der Waals surface area (Å²) in [6.45, 7) is -0.762. The number of anilines is 1. The van der Waals surface area contributed by atoms with Gasteiger partial charge in [-0.05, 0) is 31.0 Å².